The molecule has 0 saturated carbocycles. The zero-order valence-corrected chi connectivity index (χ0v) is 5.71. The monoisotopic (exact) mass is 132 g/mol. The van der Waals surface area contributed by atoms with Crippen LogP contribution in [0.15, 0.2) is 0 Å². The van der Waals surface area contributed by atoms with Gasteiger partial charge >= 0.3 is 0 Å². The van der Waals surface area contributed by atoms with Crippen molar-refractivity contribution in [3.63, 3.8) is 0 Å². The molecule has 0 aromatic carbocycles. The second-order valence-corrected chi connectivity index (χ2v) is 1.88. The van der Waals surface area contributed by atoms with Crippen molar-refractivity contribution < 1.29 is 0 Å². The molecule has 0 aromatic rings. The molecule has 56 valence electrons. The van der Waals surface area contributed by atoms with Crippen molar-refractivity contribution in [2.45, 2.75) is 0 Å². The fourth-order valence-electron chi connectivity index (χ4n) is 0.660. The lowest BCUT2D eigenvalue weighted by Crippen LogP contribution is -2.37. The van der Waals surface area contributed by atoms with Gasteiger partial charge in [-0.05, 0) is 0 Å². The summed E-state index contributed by atoms with van der Waals surface area (Å²) in [5.74, 6) is 0. The Hall–Kier alpha value is -0.160. The standard InChI is InChI=1S/C5H16N4/c6-1-3-9(5-8)4-2-7/h1-8H2. The molecule has 0 aromatic heterocycles. The Labute approximate surface area is 56.0 Å². The highest BCUT2D eigenvalue weighted by Gasteiger charge is 1.96. The summed E-state index contributed by atoms with van der Waals surface area (Å²) in [7, 11) is 0. The highest BCUT2D eigenvalue weighted by molar-refractivity contribution is 4.54. The smallest absolute Gasteiger partial charge is 0.0456 e. The first kappa shape index (κ1) is 8.84. The Balaban J connectivity index is 3.18. The highest BCUT2D eigenvalue weighted by atomic mass is 15.2. The van der Waals surface area contributed by atoms with Crippen LogP contribution < -0.4 is 17.2 Å². The molecule has 0 atom stereocenters. The summed E-state index contributed by atoms with van der Waals surface area (Å²) in [5.41, 5.74) is 16.0. The van der Waals surface area contributed by atoms with Gasteiger partial charge in [-0.2, -0.15) is 0 Å². The molecule has 9 heavy (non-hydrogen) atoms. The lowest BCUT2D eigenvalue weighted by atomic mass is 10.5. The lowest BCUT2D eigenvalue weighted by molar-refractivity contribution is 0.297. The average Bonchev–Trinajstić information content (AvgIpc) is 1.88. The van der Waals surface area contributed by atoms with E-state index in [2.05, 4.69) is 0 Å². The minimum atomic E-state index is 0.550. The molecule has 0 amide bonds. The molecule has 0 aliphatic heterocycles. The SMILES string of the molecule is NCCN(CN)CCN. The largest absolute Gasteiger partial charge is 0.329 e. The predicted octanol–water partition coefficient (Wildman–Crippen LogP) is -1.88. The molecule has 0 spiro atoms. The lowest BCUT2D eigenvalue weighted by Gasteiger charge is -2.17. The van der Waals surface area contributed by atoms with E-state index in [-0.39, 0.29) is 0 Å². The summed E-state index contributed by atoms with van der Waals surface area (Å²) in [5, 5.41) is 0. The number of nitrogens with two attached hydrogens (primary N) is 3. The normalized spacial score (nSPS) is 10.7. The fraction of sp³-hybridized carbons (Fsp3) is 1.00. The molecule has 0 heterocycles. The Bertz CT molecular complexity index is 50.9. The van der Waals surface area contributed by atoms with Gasteiger partial charge in [0.05, 0.1) is 0 Å². The first-order valence-electron chi connectivity index (χ1n) is 3.17. The van der Waals surface area contributed by atoms with Crippen LogP contribution in [0.1, 0.15) is 0 Å². The van der Waals surface area contributed by atoms with E-state index in [1.165, 1.54) is 0 Å². The van der Waals surface area contributed by atoms with Crippen molar-refractivity contribution in [2.24, 2.45) is 17.2 Å². The van der Waals surface area contributed by atoms with Gasteiger partial charge in [0.1, 0.15) is 0 Å². The van der Waals surface area contributed by atoms with E-state index < -0.39 is 0 Å². The molecule has 0 aliphatic rings. The van der Waals surface area contributed by atoms with Gasteiger partial charge in [0, 0.05) is 32.8 Å². The minimum Gasteiger partial charge on any atom is -0.329 e. The quantitative estimate of drug-likeness (QED) is 0.382. The first-order chi connectivity index (χ1) is 4.35. The van der Waals surface area contributed by atoms with Crippen LogP contribution in [0.4, 0.5) is 0 Å². The summed E-state index contributed by atoms with van der Waals surface area (Å²) >= 11 is 0. The molecule has 0 unspecified atom stereocenters. The number of rotatable bonds is 5. The maximum atomic E-state index is 5.36. The molecule has 0 rings (SSSR count). The molecular weight excluding hydrogens is 116 g/mol. The van der Waals surface area contributed by atoms with E-state index in [9.17, 15) is 0 Å². The van der Waals surface area contributed by atoms with E-state index in [1.807, 2.05) is 4.90 Å². The number of hydrogen-bond acceptors (Lipinski definition) is 4. The zero-order chi connectivity index (χ0) is 7.11. The third kappa shape index (κ3) is 4.35. The zero-order valence-electron chi connectivity index (χ0n) is 5.71. The topological polar surface area (TPSA) is 81.3 Å². The third-order valence-electron chi connectivity index (χ3n) is 1.15. The molecular formula is C5H16N4. The van der Waals surface area contributed by atoms with Gasteiger partial charge in [-0.15, -0.1) is 0 Å². The van der Waals surface area contributed by atoms with Crippen LogP contribution >= 0.6 is 0 Å². The summed E-state index contributed by atoms with van der Waals surface area (Å²) in [6.45, 7) is 3.53. The Morgan fingerprint density at radius 1 is 0.889 bits per heavy atom. The van der Waals surface area contributed by atoms with Gasteiger partial charge in [0.15, 0.2) is 0 Å². The van der Waals surface area contributed by atoms with Crippen molar-refractivity contribution in [1.82, 2.24) is 4.90 Å². The van der Waals surface area contributed by atoms with Crippen molar-refractivity contribution in [1.29, 1.82) is 0 Å². The minimum absolute atomic E-state index is 0.550. The molecule has 6 N–H and O–H groups in total. The van der Waals surface area contributed by atoms with Crippen LogP contribution in [-0.2, 0) is 0 Å². The Morgan fingerprint density at radius 2 is 1.33 bits per heavy atom. The summed E-state index contributed by atoms with van der Waals surface area (Å²) in [6, 6.07) is 0. The second-order valence-electron chi connectivity index (χ2n) is 1.88. The van der Waals surface area contributed by atoms with Gasteiger partial charge < -0.3 is 17.2 Å². The molecule has 0 saturated heterocycles. The number of nitrogens with zero attached hydrogens (tertiary/aromatic N) is 1. The maximum Gasteiger partial charge on any atom is 0.0456 e. The molecule has 0 bridgehead atoms. The molecule has 4 nitrogen and oxygen atoms in total. The van der Waals surface area contributed by atoms with Crippen molar-refractivity contribution in [2.75, 3.05) is 32.8 Å². The van der Waals surface area contributed by atoms with Crippen LogP contribution in [0.2, 0.25) is 0 Å². The third-order valence-corrected chi connectivity index (χ3v) is 1.15. The highest BCUT2D eigenvalue weighted by Crippen LogP contribution is 1.78. The van der Waals surface area contributed by atoms with Crippen LogP contribution in [0.25, 0.3) is 0 Å². The van der Waals surface area contributed by atoms with E-state index >= 15 is 0 Å². The van der Waals surface area contributed by atoms with Gasteiger partial charge in [-0.25, -0.2) is 0 Å². The van der Waals surface area contributed by atoms with Crippen molar-refractivity contribution in [3.8, 4) is 0 Å². The number of hydrogen-bond donors (Lipinski definition) is 3. The van der Waals surface area contributed by atoms with Crippen LogP contribution in [0.3, 0.4) is 0 Å². The van der Waals surface area contributed by atoms with E-state index in [0.717, 1.165) is 13.1 Å². The predicted molar refractivity (Wildman–Crippen MR) is 38.7 cm³/mol. The first-order valence-corrected chi connectivity index (χ1v) is 3.17. The van der Waals surface area contributed by atoms with E-state index in [0.29, 0.717) is 19.8 Å². The summed E-state index contributed by atoms with van der Waals surface area (Å²) < 4.78 is 0. The van der Waals surface area contributed by atoms with Crippen LogP contribution in [0.5, 0.6) is 0 Å². The summed E-state index contributed by atoms with van der Waals surface area (Å²) in [4.78, 5) is 2.01. The van der Waals surface area contributed by atoms with Gasteiger partial charge in [-0.1, -0.05) is 0 Å². The van der Waals surface area contributed by atoms with E-state index in [1.54, 1.807) is 0 Å². The van der Waals surface area contributed by atoms with Gasteiger partial charge in [0.25, 0.3) is 0 Å². The Morgan fingerprint density at radius 3 is 1.56 bits per heavy atom. The van der Waals surface area contributed by atoms with Gasteiger partial charge in [0.2, 0.25) is 0 Å². The molecule has 0 fully saturated rings. The van der Waals surface area contributed by atoms with E-state index in [4.69, 9.17) is 17.2 Å². The molecule has 0 aliphatic carbocycles. The molecule has 4 heteroatoms. The van der Waals surface area contributed by atoms with Crippen LogP contribution in [-0.4, -0.2) is 37.7 Å². The average molecular weight is 132 g/mol. The van der Waals surface area contributed by atoms with Crippen molar-refractivity contribution >= 4 is 0 Å². The van der Waals surface area contributed by atoms with Gasteiger partial charge in [-0.3, -0.25) is 4.90 Å². The molecule has 0 radical (unpaired) electrons. The second kappa shape index (κ2) is 5.97. The maximum absolute atomic E-state index is 5.36. The van der Waals surface area contributed by atoms with Crippen LogP contribution in [0, 0.1) is 0 Å². The Kier molecular flexibility index (Phi) is 5.86. The fourth-order valence-corrected chi connectivity index (χ4v) is 0.660. The summed E-state index contributed by atoms with van der Waals surface area (Å²) in [6.07, 6.45) is 0. The van der Waals surface area contributed by atoms with Crippen molar-refractivity contribution in [3.05, 3.63) is 0 Å².